The fourth-order valence-electron chi connectivity index (χ4n) is 1.93. The van der Waals surface area contributed by atoms with E-state index < -0.39 is 5.91 Å². The number of ether oxygens (including phenoxy) is 1. The number of aliphatic hydroxyl groups is 1. The summed E-state index contributed by atoms with van der Waals surface area (Å²) in [5, 5.41) is 9.29. The van der Waals surface area contributed by atoms with E-state index in [1.54, 1.807) is 6.07 Å². The first-order valence-electron chi connectivity index (χ1n) is 5.64. The number of aliphatic hydroxyl groups excluding tert-OH is 1. The number of primary amides is 1. The lowest BCUT2D eigenvalue weighted by Gasteiger charge is -2.35. The third-order valence-corrected chi connectivity index (χ3v) is 2.92. The van der Waals surface area contributed by atoms with Crippen molar-refractivity contribution in [1.82, 2.24) is 4.98 Å². The van der Waals surface area contributed by atoms with Crippen LogP contribution in [0.2, 0.25) is 0 Å². The van der Waals surface area contributed by atoms with Gasteiger partial charge in [0.1, 0.15) is 5.82 Å². The Hall–Kier alpha value is -1.86. The van der Waals surface area contributed by atoms with Gasteiger partial charge in [0.05, 0.1) is 43.3 Å². The third kappa shape index (κ3) is 2.36. The van der Waals surface area contributed by atoms with E-state index >= 15 is 0 Å². The highest BCUT2D eigenvalue weighted by molar-refractivity contribution is 5.98. The van der Waals surface area contributed by atoms with E-state index in [0.29, 0.717) is 25.6 Å². The maximum Gasteiger partial charge on any atom is 0.250 e. The Kier molecular flexibility index (Phi) is 3.63. The van der Waals surface area contributed by atoms with Gasteiger partial charge in [0, 0.05) is 6.54 Å². The summed E-state index contributed by atoms with van der Waals surface area (Å²) in [6.07, 6.45) is 1.40. The number of hydrogen-bond acceptors (Lipinski definition) is 6. The number of carbonyl (C=O) groups is 1. The van der Waals surface area contributed by atoms with Crippen LogP contribution < -0.4 is 16.4 Å². The Morgan fingerprint density at radius 2 is 2.44 bits per heavy atom. The SMILES string of the molecule is NC(=O)c1cc(N2CCOCC2CO)ncc1N. The summed E-state index contributed by atoms with van der Waals surface area (Å²) < 4.78 is 5.28. The number of pyridine rings is 1. The quantitative estimate of drug-likeness (QED) is 0.633. The van der Waals surface area contributed by atoms with Crippen molar-refractivity contribution in [2.45, 2.75) is 6.04 Å². The second-order valence-electron chi connectivity index (χ2n) is 4.10. The Labute approximate surface area is 104 Å². The smallest absolute Gasteiger partial charge is 0.250 e. The van der Waals surface area contributed by atoms with E-state index in [9.17, 15) is 9.90 Å². The van der Waals surface area contributed by atoms with Crippen LogP contribution in [-0.4, -0.2) is 48.4 Å². The van der Waals surface area contributed by atoms with Crippen LogP contribution in [0.4, 0.5) is 11.5 Å². The van der Waals surface area contributed by atoms with E-state index in [4.69, 9.17) is 16.2 Å². The number of nitrogens with two attached hydrogens (primary N) is 2. The number of morpholine rings is 1. The predicted octanol–water partition coefficient (Wildman–Crippen LogP) is -1.04. The van der Waals surface area contributed by atoms with Gasteiger partial charge in [0.15, 0.2) is 0 Å². The number of aromatic nitrogens is 1. The van der Waals surface area contributed by atoms with Crippen molar-refractivity contribution in [3.63, 3.8) is 0 Å². The van der Waals surface area contributed by atoms with Crippen LogP contribution in [0, 0.1) is 0 Å². The van der Waals surface area contributed by atoms with Gasteiger partial charge in [-0.2, -0.15) is 0 Å². The molecule has 1 aromatic heterocycles. The molecule has 1 aromatic rings. The van der Waals surface area contributed by atoms with Gasteiger partial charge >= 0.3 is 0 Å². The summed E-state index contributed by atoms with van der Waals surface area (Å²) in [4.78, 5) is 17.3. The number of hydrogen-bond donors (Lipinski definition) is 3. The Morgan fingerprint density at radius 3 is 3.11 bits per heavy atom. The van der Waals surface area contributed by atoms with Gasteiger partial charge in [-0.3, -0.25) is 4.79 Å². The highest BCUT2D eigenvalue weighted by Crippen LogP contribution is 2.21. The van der Waals surface area contributed by atoms with Gasteiger partial charge in [0.25, 0.3) is 5.91 Å². The van der Waals surface area contributed by atoms with Crippen molar-refractivity contribution < 1.29 is 14.6 Å². The molecule has 2 rings (SSSR count). The zero-order chi connectivity index (χ0) is 13.1. The minimum Gasteiger partial charge on any atom is -0.397 e. The molecule has 2 heterocycles. The topological polar surface area (TPSA) is 115 Å². The lowest BCUT2D eigenvalue weighted by atomic mass is 10.2. The first-order chi connectivity index (χ1) is 8.63. The molecule has 0 saturated carbocycles. The monoisotopic (exact) mass is 252 g/mol. The number of nitrogen functional groups attached to an aromatic ring is 1. The lowest BCUT2D eigenvalue weighted by molar-refractivity contribution is 0.0723. The van der Waals surface area contributed by atoms with Gasteiger partial charge in [-0.15, -0.1) is 0 Å². The normalized spacial score (nSPS) is 19.8. The molecule has 18 heavy (non-hydrogen) atoms. The van der Waals surface area contributed by atoms with Crippen LogP contribution in [0.25, 0.3) is 0 Å². The second-order valence-corrected chi connectivity index (χ2v) is 4.10. The average molecular weight is 252 g/mol. The molecule has 1 saturated heterocycles. The molecule has 1 atom stereocenters. The molecule has 1 aliphatic rings. The van der Waals surface area contributed by atoms with E-state index in [1.165, 1.54) is 6.20 Å². The van der Waals surface area contributed by atoms with Crippen LogP contribution in [0.3, 0.4) is 0 Å². The first kappa shape index (κ1) is 12.6. The summed E-state index contributed by atoms with van der Waals surface area (Å²) >= 11 is 0. The molecule has 1 unspecified atom stereocenters. The van der Waals surface area contributed by atoms with Crippen LogP contribution in [0.5, 0.6) is 0 Å². The van der Waals surface area contributed by atoms with Gasteiger partial charge in [-0.25, -0.2) is 4.98 Å². The van der Waals surface area contributed by atoms with Crippen molar-refractivity contribution in [3.8, 4) is 0 Å². The van der Waals surface area contributed by atoms with Gasteiger partial charge in [0.2, 0.25) is 0 Å². The van der Waals surface area contributed by atoms with Crippen molar-refractivity contribution in [2.75, 3.05) is 37.0 Å². The van der Waals surface area contributed by atoms with E-state index in [-0.39, 0.29) is 23.9 Å². The minimum atomic E-state index is -0.593. The second kappa shape index (κ2) is 5.19. The van der Waals surface area contributed by atoms with Crippen LogP contribution in [0.15, 0.2) is 12.3 Å². The number of amides is 1. The average Bonchev–Trinajstić information content (AvgIpc) is 2.39. The molecule has 0 aliphatic carbocycles. The Bertz CT molecular complexity index is 452. The lowest BCUT2D eigenvalue weighted by Crippen LogP contribution is -2.48. The van der Waals surface area contributed by atoms with Gasteiger partial charge in [-0.05, 0) is 6.07 Å². The van der Waals surface area contributed by atoms with Crippen molar-refractivity contribution in [3.05, 3.63) is 17.8 Å². The molecule has 1 amide bonds. The number of carbonyl (C=O) groups excluding carboxylic acids is 1. The summed E-state index contributed by atoms with van der Waals surface area (Å²) in [7, 11) is 0. The van der Waals surface area contributed by atoms with Crippen molar-refractivity contribution >= 4 is 17.4 Å². The maximum atomic E-state index is 11.2. The van der Waals surface area contributed by atoms with Crippen molar-refractivity contribution in [2.24, 2.45) is 5.73 Å². The van der Waals surface area contributed by atoms with Gasteiger partial charge in [-0.1, -0.05) is 0 Å². The minimum absolute atomic E-state index is 0.0437. The standard InChI is InChI=1S/C11H16N4O3/c12-9-4-14-10(3-8(9)11(13)17)15-1-2-18-6-7(15)5-16/h3-4,7,16H,1-2,5-6,12H2,(H2,13,17). The summed E-state index contributed by atoms with van der Waals surface area (Å²) in [5.41, 5.74) is 11.4. The van der Waals surface area contributed by atoms with E-state index in [2.05, 4.69) is 4.98 Å². The van der Waals surface area contributed by atoms with Crippen molar-refractivity contribution in [1.29, 1.82) is 0 Å². The zero-order valence-corrected chi connectivity index (χ0v) is 9.87. The molecular formula is C11H16N4O3. The molecule has 1 fully saturated rings. The van der Waals surface area contributed by atoms with Gasteiger partial charge < -0.3 is 26.2 Å². The zero-order valence-electron chi connectivity index (χ0n) is 9.87. The highest BCUT2D eigenvalue weighted by Gasteiger charge is 2.24. The fourth-order valence-corrected chi connectivity index (χ4v) is 1.93. The van der Waals surface area contributed by atoms with Crippen LogP contribution in [0.1, 0.15) is 10.4 Å². The molecule has 7 heteroatoms. The molecule has 5 N–H and O–H groups in total. The molecular weight excluding hydrogens is 236 g/mol. The molecule has 0 spiro atoms. The number of rotatable bonds is 3. The largest absolute Gasteiger partial charge is 0.397 e. The number of nitrogens with zero attached hydrogens (tertiary/aromatic N) is 2. The van der Waals surface area contributed by atoms with Crippen LogP contribution >= 0.6 is 0 Å². The molecule has 1 aliphatic heterocycles. The summed E-state index contributed by atoms with van der Waals surface area (Å²) in [6, 6.07) is 1.38. The van der Waals surface area contributed by atoms with E-state index in [0.717, 1.165) is 0 Å². The maximum absolute atomic E-state index is 11.2. The molecule has 0 radical (unpaired) electrons. The van der Waals surface area contributed by atoms with E-state index in [1.807, 2.05) is 4.90 Å². The highest BCUT2D eigenvalue weighted by atomic mass is 16.5. The number of anilines is 2. The Balaban J connectivity index is 2.32. The third-order valence-electron chi connectivity index (χ3n) is 2.92. The first-order valence-corrected chi connectivity index (χ1v) is 5.64. The van der Waals surface area contributed by atoms with Crippen LogP contribution in [-0.2, 0) is 4.74 Å². The molecule has 0 bridgehead atoms. The Morgan fingerprint density at radius 1 is 1.67 bits per heavy atom. The fraction of sp³-hybridized carbons (Fsp3) is 0.455. The summed E-state index contributed by atoms with van der Waals surface area (Å²) in [6.45, 7) is 1.53. The predicted molar refractivity (Wildman–Crippen MR) is 66.2 cm³/mol. The summed E-state index contributed by atoms with van der Waals surface area (Å²) in [5.74, 6) is -0.0229. The molecule has 0 aromatic carbocycles. The molecule has 7 nitrogen and oxygen atoms in total. The molecule has 98 valence electrons.